The number of rotatable bonds is 6. The molecular weight excluding hydrogens is 766 g/mol. The van der Waals surface area contributed by atoms with Gasteiger partial charge in [-0.3, -0.25) is 0 Å². The summed E-state index contributed by atoms with van der Waals surface area (Å²) >= 11 is 4.35. The Balaban J connectivity index is 1.13. The van der Waals surface area contributed by atoms with E-state index in [1.54, 1.807) is 11.3 Å². The predicted octanol–water partition coefficient (Wildman–Crippen LogP) is 11.7. The van der Waals surface area contributed by atoms with Crippen LogP contribution in [0.15, 0.2) is 170 Å². The molecule has 3 heterocycles. The van der Waals surface area contributed by atoms with Crippen LogP contribution in [0, 0.1) is 0 Å². The molecule has 10 aromatic rings. The van der Waals surface area contributed by atoms with E-state index in [1.807, 2.05) is 6.07 Å². The molecule has 244 valence electrons. The van der Waals surface area contributed by atoms with Crippen LogP contribution in [-0.4, -0.2) is 24.1 Å². The third kappa shape index (κ3) is 5.22. The van der Waals surface area contributed by atoms with Crippen molar-refractivity contribution in [3.63, 3.8) is 0 Å². The van der Waals surface area contributed by atoms with Gasteiger partial charge in [-0.15, -0.1) is 33.7 Å². The van der Waals surface area contributed by atoms with E-state index in [2.05, 4.69) is 191 Å². The second-order valence-corrected chi connectivity index (χ2v) is 15.1. The second kappa shape index (κ2) is 12.8. The molecule has 7 aromatic carbocycles. The lowest BCUT2D eigenvalue weighted by atomic mass is 9.81. The van der Waals surface area contributed by atoms with Gasteiger partial charge in [0.2, 0.25) is 0 Å². The first-order chi connectivity index (χ1) is 25.7. The van der Waals surface area contributed by atoms with Crippen molar-refractivity contribution in [3.05, 3.63) is 170 Å². The molecule has 0 aliphatic carbocycles. The minimum atomic E-state index is 0.0873. The van der Waals surface area contributed by atoms with Crippen LogP contribution in [0.1, 0.15) is 0 Å². The van der Waals surface area contributed by atoms with E-state index < -0.39 is 0 Å². The molecule has 0 aliphatic rings. The first-order valence-corrected chi connectivity index (χ1v) is 19.3. The fourth-order valence-corrected chi connectivity index (χ4v) is 9.58. The number of fused-ring (bicyclic) bond motifs is 6. The van der Waals surface area contributed by atoms with Crippen molar-refractivity contribution in [2.45, 2.75) is 0 Å². The van der Waals surface area contributed by atoms with Crippen LogP contribution in [-0.2, 0) is 0 Å². The van der Waals surface area contributed by atoms with Crippen LogP contribution in [0.2, 0.25) is 0 Å². The van der Waals surface area contributed by atoms with Crippen molar-refractivity contribution < 1.29 is 0 Å². The molecule has 7 heteroatoms. The maximum Gasteiger partial charge on any atom is 0.366 e. The molecule has 0 atom stereocenters. The summed E-state index contributed by atoms with van der Waals surface area (Å²) < 4.78 is 4.95. The molecule has 10 rings (SSSR count). The molecule has 4 nitrogen and oxygen atoms in total. The normalized spacial score (nSPS) is 11.6. The molecule has 0 unspecified atom stereocenters. The van der Waals surface area contributed by atoms with Crippen LogP contribution in [0.4, 0.5) is 0 Å². The Kier molecular flexibility index (Phi) is 7.69. The van der Waals surface area contributed by atoms with Gasteiger partial charge < -0.3 is 4.48 Å². The number of para-hydroxylation sites is 2. The van der Waals surface area contributed by atoms with Gasteiger partial charge in [-0.05, 0) is 40.9 Å². The second-order valence-electron chi connectivity index (χ2n) is 12.9. The van der Waals surface area contributed by atoms with Crippen molar-refractivity contribution in [1.82, 2.24) is 19.4 Å². The smallest absolute Gasteiger partial charge is 0.366 e. The van der Waals surface area contributed by atoms with Gasteiger partial charge in [-0.25, -0.2) is 15.0 Å². The van der Waals surface area contributed by atoms with Crippen molar-refractivity contribution in [1.29, 1.82) is 0 Å². The summed E-state index contributed by atoms with van der Waals surface area (Å²) in [4.78, 5) is 15.6. The maximum absolute atomic E-state index is 5.22. The van der Waals surface area contributed by atoms with Gasteiger partial charge in [0, 0.05) is 58.7 Å². The third-order valence-electron chi connectivity index (χ3n) is 9.82. The van der Waals surface area contributed by atoms with Gasteiger partial charge in [0.05, 0.1) is 0 Å². The summed E-state index contributed by atoms with van der Waals surface area (Å²) in [5, 5.41) is 5.01. The lowest BCUT2D eigenvalue weighted by molar-refractivity contribution is 1.08. The van der Waals surface area contributed by atoms with E-state index in [4.69, 9.17) is 15.0 Å². The summed E-state index contributed by atoms with van der Waals surface area (Å²) in [6.07, 6.45) is 0. The van der Waals surface area contributed by atoms with E-state index in [0.717, 1.165) is 27.8 Å². The molecule has 3 aromatic heterocycles. The summed E-state index contributed by atoms with van der Waals surface area (Å²) in [6, 6.07) is 59.9. The molecule has 0 saturated carbocycles. The van der Waals surface area contributed by atoms with E-state index >= 15 is 0 Å². The van der Waals surface area contributed by atoms with Crippen LogP contribution in [0.3, 0.4) is 0 Å². The lowest BCUT2D eigenvalue weighted by Crippen LogP contribution is -2.31. The topological polar surface area (TPSA) is 43.6 Å². The average Bonchev–Trinajstić information content (AvgIpc) is 3.77. The quantitative estimate of drug-likeness (QED) is 0.124. The Morgan fingerprint density at radius 3 is 1.69 bits per heavy atom. The van der Waals surface area contributed by atoms with E-state index in [1.165, 1.54) is 47.4 Å². The summed E-state index contributed by atoms with van der Waals surface area (Å²) in [7, 11) is 0. The zero-order valence-electron chi connectivity index (χ0n) is 27.8. The number of halogens is 1. The van der Waals surface area contributed by atoms with Gasteiger partial charge in [0.25, 0.3) is 0 Å². The molecule has 0 spiro atoms. The van der Waals surface area contributed by atoms with Crippen molar-refractivity contribution in [3.8, 4) is 45.3 Å². The highest BCUT2D eigenvalue weighted by molar-refractivity contribution is 14.1. The van der Waals surface area contributed by atoms with Crippen molar-refractivity contribution >= 4 is 85.9 Å². The minimum absolute atomic E-state index is 0.0873. The molecule has 0 fully saturated rings. The summed E-state index contributed by atoms with van der Waals surface area (Å²) in [6.45, 7) is 0. The van der Waals surface area contributed by atoms with Crippen molar-refractivity contribution in [2.75, 3.05) is 0 Å². The van der Waals surface area contributed by atoms with E-state index in [0.29, 0.717) is 17.5 Å². The number of thiophene rings is 1. The molecular formula is C45H28BIN4S. The molecule has 0 N–H and O–H groups in total. The Morgan fingerprint density at radius 1 is 0.423 bits per heavy atom. The van der Waals surface area contributed by atoms with Crippen LogP contribution in [0.5, 0.6) is 0 Å². The van der Waals surface area contributed by atoms with Crippen LogP contribution < -0.4 is 5.46 Å². The predicted molar refractivity (Wildman–Crippen MR) is 229 cm³/mol. The molecule has 0 amide bonds. The zero-order chi connectivity index (χ0) is 34.6. The van der Waals surface area contributed by atoms with Crippen LogP contribution >= 0.6 is 33.7 Å². The molecule has 0 radical (unpaired) electrons. The highest BCUT2D eigenvalue weighted by Crippen LogP contribution is 2.40. The molecule has 0 aliphatic heterocycles. The van der Waals surface area contributed by atoms with Gasteiger partial charge >= 0.3 is 4.70 Å². The van der Waals surface area contributed by atoms with Crippen molar-refractivity contribution in [2.24, 2.45) is 0 Å². The number of hydrogen-bond acceptors (Lipinski definition) is 4. The largest absolute Gasteiger partial charge is 0.371 e. The lowest BCUT2D eigenvalue weighted by Gasteiger charge is -2.14. The third-order valence-corrected chi connectivity index (χ3v) is 12.3. The Labute approximate surface area is 318 Å². The van der Waals surface area contributed by atoms with E-state index in [9.17, 15) is 0 Å². The summed E-state index contributed by atoms with van der Waals surface area (Å²) in [5.41, 5.74) is 8.79. The molecule has 0 bridgehead atoms. The Hall–Kier alpha value is -5.64. The number of nitrogens with zero attached hydrogens (tertiary/aromatic N) is 4. The van der Waals surface area contributed by atoms with Gasteiger partial charge in [0.15, 0.2) is 17.5 Å². The fourth-order valence-electron chi connectivity index (χ4n) is 7.35. The molecule has 52 heavy (non-hydrogen) atoms. The average molecular weight is 795 g/mol. The number of benzene rings is 7. The monoisotopic (exact) mass is 794 g/mol. The first kappa shape index (κ1) is 31.1. The Morgan fingerprint density at radius 2 is 0.962 bits per heavy atom. The molecule has 0 saturated heterocycles. The first-order valence-electron chi connectivity index (χ1n) is 17.2. The van der Waals surface area contributed by atoms with Gasteiger partial charge in [0.1, 0.15) is 0 Å². The highest BCUT2D eigenvalue weighted by Gasteiger charge is 2.23. The SMILES string of the molecule is IB(c1ccc(-c2nc(-c3ccccc3-c3ccccc3)nc(-c3cccc4c3sc3ccccc34)n2)cc1)n1c2ccccc2c2ccccc21. The standard InChI is InChI=1S/C45H28BIN4S/c47-46(51-39-22-9-6-16-33(39)34-17-7-10-23-40(34)51)31-27-25-30(26-28-31)43-48-44(37-19-5-4-15-32(37)29-13-2-1-3-14-29)50-45(49-43)38-21-12-20-36-35-18-8-11-24-41(35)52-42(36)38/h1-28H. The number of hydrogen-bond donors (Lipinski definition) is 0. The minimum Gasteiger partial charge on any atom is -0.371 e. The Bertz CT molecular complexity index is 2880. The van der Waals surface area contributed by atoms with E-state index in [-0.39, 0.29) is 4.70 Å². The van der Waals surface area contributed by atoms with Gasteiger partial charge in [-0.2, -0.15) is 0 Å². The number of aromatic nitrogens is 4. The summed E-state index contributed by atoms with van der Waals surface area (Å²) in [5.74, 6) is 1.97. The van der Waals surface area contributed by atoms with Gasteiger partial charge in [-0.1, -0.05) is 146 Å². The maximum atomic E-state index is 5.22. The van der Waals surface area contributed by atoms with Crippen LogP contribution in [0.25, 0.3) is 87.3 Å². The highest BCUT2D eigenvalue weighted by atomic mass is 127. The fraction of sp³-hybridized carbons (Fsp3) is 0. The zero-order valence-corrected chi connectivity index (χ0v) is 30.8.